The SMILES string of the molecule is C=CC[C@@H]1/C=C(\C)C[C@H](C)C[C@H](OC)[C@@]2(C)O[C@@](O)(C(=O)C(=O)N3CCCC[C@H]3C(=O)OC(/C(C)=C/[C@@H]3CC[C@@H](O)[C@H](OC)C3)C(C)[C@@H](O)CC1=O)[C@H](C)C[C@@H]2OC. The third kappa shape index (κ3) is 10.7. The smallest absolute Gasteiger partial charge is 0.329 e. The van der Waals surface area contributed by atoms with E-state index in [4.69, 9.17) is 23.7 Å². The first-order chi connectivity index (χ1) is 27.3. The van der Waals surface area contributed by atoms with Crippen LogP contribution in [0.25, 0.3) is 0 Å². The number of carbonyl (C=O) groups excluding carboxylic acids is 4. The van der Waals surface area contributed by atoms with E-state index in [-0.39, 0.29) is 49.5 Å². The predicted molar refractivity (Wildman–Crippen MR) is 217 cm³/mol. The van der Waals surface area contributed by atoms with E-state index in [0.717, 1.165) is 5.57 Å². The summed E-state index contributed by atoms with van der Waals surface area (Å²) in [5.41, 5.74) is 0.238. The molecule has 328 valence electrons. The second-order valence-electron chi connectivity index (χ2n) is 17.9. The van der Waals surface area contributed by atoms with Crippen molar-refractivity contribution < 1.29 is 58.2 Å². The Hall–Kier alpha value is -2.78. The molecule has 1 saturated carbocycles. The number of methoxy groups -OCH3 is 3. The molecule has 2 bridgehead atoms. The summed E-state index contributed by atoms with van der Waals surface area (Å²) in [6, 6.07) is -1.15. The van der Waals surface area contributed by atoms with Crippen LogP contribution < -0.4 is 0 Å². The lowest BCUT2D eigenvalue weighted by atomic mass is 9.75. The van der Waals surface area contributed by atoms with E-state index in [2.05, 4.69) is 6.58 Å². The van der Waals surface area contributed by atoms with Crippen LogP contribution >= 0.6 is 0 Å². The van der Waals surface area contributed by atoms with Gasteiger partial charge in [0.1, 0.15) is 23.5 Å². The number of fused-ring (bicyclic) bond motifs is 3. The summed E-state index contributed by atoms with van der Waals surface area (Å²) in [5.74, 6) is -7.87. The Kier molecular flexibility index (Phi) is 17.1. The van der Waals surface area contributed by atoms with Crippen molar-refractivity contribution in [2.75, 3.05) is 27.9 Å². The van der Waals surface area contributed by atoms with Gasteiger partial charge in [-0.3, -0.25) is 14.4 Å². The van der Waals surface area contributed by atoms with E-state index in [0.29, 0.717) is 56.9 Å². The lowest BCUT2D eigenvalue weighted by Crippen LogP contribution is -2.69. The first kappa shape index (κ1) is 47.9. The molecule has 2 unspecified atom stereocenters. The summed E-state index contributed by atoms with van der Waals surface area (Å²) in [6.07, 6.45) is 5.64. The summed E-state index contributed by atoms with van der Waals surface area (Å²) in [6.45, 7) is 14.9. The van der Waals surface area contributed by atoms with Crippen LogP contribution in [0.4, 0.5) is 0 Å². The summed E-state index contributed by atoms with van der Waals surface area (Å²) < 4.78 is 30.2. The van der Waals surface area contributed by atoms with E-state index in [1.54, 1.807) is 34.0 Å². The van der Waals surface area contributed by atoms with Crippen LogP contribution in [0.15, 0.2) is 36.0 Å². The maximum atomic E-state index is 14.4. The standard InChI is InChI=1S/C45H71NO12/c1-11-14-32-20-26(2)19-27(3)21-38(55-9)44(7)39(56-10)23-29(5)45(53,58-44)41(50)42(51)46-18-13-12-15-33(46)43(52)57-40(30(6)35(48)25-36(32)49)28(4)22-31-16-17-34(47)37(24-31)54-8/h11,20,22,27,29-35,37-40,47-48,53H,1,12-19,21,23-25H2,2-10H3/b26-20+,28-22+/t27-,29+,30?,31-,32+,33-,34+,35-,37+,38-,39-,40?,44+,45+/m0/s1. The second kappa shape index (κ2) is 20.7. The number of aliphatic hydroxyl groups is 3. The van der Waals surface area contributed by atoms with Crippen molar-refractivity contribution >= 4 is 23.4 Å². The molecule has 4 aliphatic rings. The highest BCUT2D eigenvalue weighted by molar-refractivity contribution is 6.39. The van der Waals surface area contributed by atoms with Crippen molar-refractivity contribution in [3.63, 3.8) is 0 Å². The molecule has 58 heavy (non-hydrogen) atoms. The number of hydrogen-bond acceptors (Lipinski definition) is 12. The Bertz CT molecular complexity index is 1530. The van der Waals surface area contributed by atoms with Crippen LogP contribution in [0.5, 0.6) is 0 Å². The quantitative estimate of drug-likeness (QED) is 0.178. The molecular formula is C45H71NO12. The molecule has 2 saturated heterocycles. The van der Waals surface area contributed by atoms with Crippen LogP contribution in [0.1, 0.15) is 112 Å². The molecule has 0 spiro atoms. The normalized spacial score (nSPS) is 41.8. The number of cyclic esters (lactones) is 1. The Labute approximate surface area is 345 Å². The average Bonchev–Trinajstić information content (AvgIpc) is 3.19. The van der Waals surface area contributed by atoms with Crippen LogP contribution in [0, 0.1) is 29.6 Å². The first-order valence-corrected chi connectivity index (χ1v) is 21.3. The van der Waals surface area contributed by atoms with Crippen molar-refractivity contribution in [2.45, 2.75) is 166 Å². The number of ether oxygens (including phenoxy) is 5. The molecular weight excluding hydrogens is 746 g/mol. The minimum atomic E-state index is -2.55. The van der Waals surface area contributed by atoms with Crippen molar-refractivity contribution in [3.05, 3.63) is 36.0 Å². The van der Waals surface area contributed by atoms with Gasteiger partial charge in [0.15, 0.2) is 0 Å². The number of nitrogens with zero attached hydrogens (tertiary/aromatic N) is 1. The number of hydrogen-bond donors (Lipinski definition) is 3. The molecule has 13 heteroatoms. The van der Waals surface area contributed by atoms with Gasteiger partial charge in [0, 0.05) is 52.0 Å². The number of ketones is 2. The fourth-order valence-corrected chi connectivity index (χ4v) is 9.82. The molecule has 0 aromatic carbocycles. The molecule has 3 N–H and O–H groups in total. The third-order valence-corrected chi connectivity index (χ3v) is 13.4. The Morgan fingerprint density at radius 3 is 2.26 bits per heavy atom. The summed E-state index contributed by atoms with van der Waals surface area (Å²) in [4.78, 5) is 58.2. The fraction of sp³-hybridized carbons (Fsp3) is 0.778. The van der Waals surface area contributed by atoms with E-state index in [1.807, 2.05) is 32.9 Å². The Morgan fingerprint density at radius 2 is 1.62 bits per heavy atom. The largest absolute Gasteiger partial charge is 0.456 e. The lowest BCUT2D eigenvalue weighted by molar-refractivity contribution is -0.339. The highest BCUT2D eigenvalue weighted by Crippen LogP contribution is 2.45. The molecule has 0 radical (unpaired) electrons. The Balaban J connectivity index is 1.80. The van der Waals surface area contributed by atoms with Crippen LogP contribution in [0.3, 0.4) is 0 Å². The number of piperidine rings is 1. The zero-order valence-electron chi connectivity index (χ0n) is 36.3. The summed E-state index contributed by atoms with van der Waals surface area (Å²) >= 11 is 0. The monoisotopic (exact) mass is 817 g/mol. The van der Waals surface area contributed by atoms with Gasteiger partial charge in [0.25, 0.3) is 11.7 Å². The number of amides is 1. The predicted octanol–water partition coefficient (Wildman–Crippen LogP) is 5.03. The van der Waals surface area contributed by atoms with Gasteiger partial charge in [-0.15, -0.1) is 6.58 Å². The van der Waals surface area contributed by atoms with Crippen molar-refractivity contribution in [2.24, 2.45) is 29.6 Å². The van der Waals surface area contributed by atoms with Crippen molar-refractivity contribution in [3.8, 4) is 0 Å². The zero-order chi connectivity index (χ0) is 43.1. The number of Topliss-reactive ketones (excluding diaryl/α,β-unsaturated/α-hetero) is 2. The summed E-state index contributed by atoms with van der Waals surface area (Å²) in [5, 5.41) is 34.3. The van der Waals surface area contributed by atoms with Crippen molar-refractivity contribution in [1.82, 2.24) is 4.90 Å². The number of rotatable bonds is 7. The molecule has 3 heterocycles. The molecule has 13 nitrogen and oxygen atoms in total. The van der Waals surface area contributed by atoms with Gasteiger partial charge in [-0.2, -0.15) is 0 Å². The van der Waals surface area contributed by atoms with E-state index < -0.39 is 83.4 Å². The highest BCUT2D eigenvalue weighted by atomic mass is 16.7. The molecule has 4 rings (SSSR count). The van der Waals surface area contributed by atoms with Gasteiger partial charge < -0.3 is 43.9 Å². The van der Waals surface area contributed by atoms with E-state index in [9.17, 15) is 34.5 Å². The summed E-state index contributed by atoms with van der Waals surface area (Å²) in [7, 11) is 4.62. The van der Waals surface area contributed by atoms with Gasteiger partial charge in [-0.25, -0.2) is 4.79 Å². The highest BCUT2D eigenvalue weighted by Gasteiger charge is 2.61. The molecule has 0 aromatic rings. The minimum Gasteiger partial charge on any atom is -0.456 e. The Morgan fingerprint density at radius 1 is 0.948 bits per heavy atom. The lowest BCUT2D eigenvalue weighted by Gasteiger charge is -2.53. The van der Waals surface area contributed by atoms with Crippen LogP contribution in [-0.2, 0) is 42.9 Å². The number of aliphatic hydroxyl groups excluding tert-OH is 2. The minimum absolute atomic E-state index is 0.0116. The number of carbonyl (C=O) groups is 4. The molecule has 0 aromatic heterocycles. The van der Waals surface area contributed by atoms with E-state index in [1.165, 1.54) is 19.1 Å². The molecule has 3 fully saturated rings. The number of allylic oxidation sites excluding steroid dienone is 4. The molecule has 3 aliphatic heterocycles. The topological polar surface area (TPSA) is 178 Å². The maximum absolute atomic E-state index is 14.4. The first-order valence-electron chi connectivity index (χ1n) is 21.3. The van der Waals surface area contributed by atoms with Gasteiger partial charge in [-0.05, 0) is 102 Å². The van der Waals surface area contributed by atoms with Crippen LogP contribution in [0.2, 0.25) is 0 Å². The third-order valence-electron chi connectivity index (χ3n) is 13.4. The zero-order valence-corrected chi connectivity index (χ0v) is 36.3. The fourth-order valence-electron chi connectivity index (χ4n) is 9.82. The maximum Gasteiger partial charge on any atom is 0.329 e. The average molecular weight is 818 g/mol. The second-order valence-corrected chi connectivity index (χ2v) is 17.9. The molecule has 1 amide bonds. The van der Waals surface area contributed by atoms with Gasteiger partial charge in [0.2, 0.25) is 5.79 Å². The van der Waals surface area contributed by atoms with Gasteiger partial charge in [0.05, 0.1) is 30.5 Å². The van der Waals surface area contributed by atoms with E-state index >= 15 is 0 Å². The van der Waals surface area contributed by atoms with Crippen LogP contribution in [-0.4, -0.2) is 126 Å². The van der Waals surface area contributed by atoms with Gasteiger partial charge >= 0.3 is 5.97 Å². The number of esters is 1. The van der Waals surface area contributed by atoms with Gasteiger partial charge in [-0.1, -0.05) is 44.6 Å². The molecule has 1 aliphatic carbocycles. The van der Waals surface area contributed by atoms with Crippen molar-refractivity contribution in [1.29, 1.82) is 0 Å². The molecule has 14 atom stereocenters.